The minimum atomic E-state index is -3.23. The fourth-order valence-corrected chi connectivity index (χ4v) is 7.01. The lowest BCUT2D eigenvalue weighted by atomic mass is 10.0. The number of aromatic nitrogens is 3. The van der Waals surface area contributed by atoms with Gasteiger partial charge in [-0.05, 0) is 12.5 Å². The van der Waals surface area contributed by atoms with Gasteiger partial charge in [0.15, 0.2) is 20.7 Å². The van der Waals surface area contributed by atoms with Gasteiger partial charge in [-0.15, -0.1) is 23.7 Å². The van der Waals surface area contributed by atoms with Gasteiger partial charge >= 0.3 is 0 Å². The Labute approximate surface area is 167 Å². The highest BCUT2D eigenvalue weighted by molar-refractivity contribution is 7.92. The highest BCUT2D eigenvalue weighted by atomic mass is 35.5. The molecule has 2 aromatic rings. The largest absolute Gasteiger partial charge is 0.336 e. The minimum Gasteiger partial charge on any atom is -0.336 e. The van der Waals surface area contributed by atoms with Crippen LogP contribution in [-0.2, 0) is 16.3 Å². The number of nitrogens with zero attached hydrogens (tertiary/aromatic N) is 4. The molecule has 2 fully saturated rings. The SMILES string of the molecule is CCc1nc(-c2ncccn2)sc1C(=O)N1C[C@H]2[C@H](N)CS(=O)(=O)[C@H]2C1.Cl. The molecular weight excluding hydrogens is 410 g/mol. The van der Waals surface area contributed by atoms with Gasteiger partial charge in [-0.25, -0.2) is 23.4 Å². The van der Waals surface area contributed by atoms with Crippen molar-refractivity contribution in [1.29, 1.82) is 0 Å². The van der Waals surface area contributed by atoms with Crippen LogP contribution in [0.3, 0.4) is 0 Å². The van der Waals surface area contributed by atoms with Gasteiger partial charge in [-0.1, -0.05) is 6.92 Å². The van der Waals surface area contributed by atoms with E-state index in [1.54, 1.807) is 23.4 Å². The molecule has 0 aromatic carbocycles. The normalized spacial score (nSPS) is 25.9. The van der Waals surface area contributed by atoms with Crippen LogP contribution in [0.25, 0.3) is 10.8 Å². The van der Waals surface area contributed by atoms with Crippen molar-refractivity contribution in [2.24, 2.45) is 11.7 Å². The summed E-state index contributed by atoms with van der Waals surface area (Å²) >= 11 is 1.25. The van der Waals surface area contributed by atoms with E-state index in [1.807, 2.05) is 6.92 Å². The Kier molecular flexibility index (Phi) is 5.53. The van der Waals surface area contributed by atoms with E-state index in [0.29, 0.717) is 34.4 Å². The van der Waals surface area contributed by atoms with E-state index in [9.17, 15) is 13.2 Å². The van der Waals surface area contributed by atoms with E-state index in [0.717, 1.165) is 0 Å². The molecule has 1 amide bonds. The standard InChI is InChI=1S/C16H19N5O3S2.ClH/c1-2-11-13(25-15(20-11)14-18-4-3-5-19-14)16(22)21-6-9-10(17)8-26(23,24)12(9)7-21;/h3-5,9-10,12H,2,6-8,17H2,1H3;1H/t9-,10+,12-;/m0./s1. The number of rotatable bonds is 3. The van der Waals surface area contributed by atoms with E-state index in [-0.39, 0.29) is 36.5 Å². The van der Waals surface area contributed by atoms with E-state index in [1.165, 1.54) is 11.3 Å². The Hall–Kier alpha value is -1.62. The number of aryl methyl sites for hydroxylation is 1. The van der Waals surface area contributed by atoms with Gasteiger partial charge in [0, 0.05) is 37.4 Å². The zero-order valence-electron chi connectivity index (χ0n) is 14.6. The van der Waals surface area contributed by atoms with Gasteiger partial charge in [0.05, 0.1) is 16.7 Å². The molecule has 0 bridgehead atoms. The van der Waals surface area contributed by atoms with Crippen molar-refractivity contribution < 1.29 is 13.2 Å². The van der Waals surface area contributed by atoms with Crippen LogP contribution in [0.4, 0.5) is 0 Å². The number of sulfone groups is 1. The third kappa shape index (κ3) is 3.46. The summed E-state index contributed by atoms with van der Waals surface area (Å²) in [6.07, 6.45) is 3.86. The first-order valence-corrected chi connectivity index (χ1v) is 11.0. The lowest BCUT2D eigenvalue weighted by Gasteiger charge is -2.18. The van der Waals surface area contributed by atoms with Crippen molar-refractivity contribution in [1.82, 2.24) is 19.9 Å². The number of carbonyl (C=O) groups excluding carboxylic acids is 1. The van der Waals surface area contributed by atoms with Crippen molar-refractivity contribution in [2.75, 3.05) is 18.8 Å². The van der Waals surface area contributed by atoms with Crippen LogP contribution < -0.4 is 5.73 Å². The highest BCUT2D eigenvalue weighted by Crippen LogP contribution is 2.35. The summed E-state index contributed by atoms with van der Waals surface area (Å²) in [5, 5.41) is 0.0471. The molecule has 0 saturated carbocycles. The summed E-state index contributed by atoms with van der Waals surface area (Å²) in [5.41, 5.74) is 6.68. The number of nitrogens with two attached hydrogens (primary N) is 1. The molecule has 27 heavy (non-hydrogen) atoms. The van der Waals surface area contributed by atoms with Gasteiger partial charge in [0.2, 0.25) is 0 Å². The molecular formula is C16H20ClN5O3S2. The fourth-order valence-electron chi connectivity index (χ4n) is 3.68. The van der Waals surface area contributed by atoms with E-state index >= 15 is 0 Å². The van der Waals surface area contributed by atoms with Crippen LogP contribution >= 0.6 is 23.7 Å². The molecule has 0 unspecified atom stereocenters. The molecule has 2 N–H and O–H groups in total. The van der Waals surface area contributed by atoms with Crippen molar-refractivity contribution >= 4 is 39.5 Å². The average Bonchev–Trinajstić information content (AvgIpc) is 3.30. The number of carbonyl (C=O) groups is 1. The highest BCUT2D eigenvalue weighted by Gasteiger charge is 2.52. The van der Waals surface area contributed by atoms with E-state index < -0.39 is 21.1 Å². The molecule has 4 heterocycles. The van der Waals surface area contributed by atoms with Crippen LogP contribution in [0.15, 0.2) is 18.5 Å². The lowest BCUT2D eigenvalue weighted by Crippen LogP contribution is -2.35. The van der Waals surface area contributed by atoms with Crippen molar-refractivity contribution in [2.45, 2.75) is 24.6 Å². The van der Waals surface area contributed by atoms with Gasteiger partial charge in [-0.2, -0.15) is 0 Å². The summed E-state index contributed by atoms with van der Waals surface area (Å²) in [7, 11) is -3.23. The first kappa shape index (κ1) is 20.1. The van der Waals surface area contributed by atoms with Crippen LogP contribution in [0, 0.1) is 5.92 Å². The molecule has 8 nitrogen and oxygen atoms in total. The first-order valence-electron chi connectivity index (χ1n) is 8.44. The minimum absolute atomic E-state index is 0. The Morgan fingerprint density at radius 3 is 2.67 bits per heavy atom. The van der Waals surface area contributed by atoms with Gasteiger partial charge in [-0.3, -0.25) is 4.79 Å². The number of likely N-dealkylation sites (tertiary alicyclic amines) is 1. The molecule has 146 valence electrons. The number of halogens is 1. The third-order valence-electron chi connectivity index (χ3n) is 5.02. The molecule has 0 spiro atoms. The van der Waals surface area contributed by atoms with Crippen molar-refractivity contribution in [3.05, 3.63) is 29.0 Å². The molecule has 0 radical (unpaired) electrons. The second kappa shape index (κ2) is 7.42. The van der Waals surface area contributed by atoms with Crippen LogP contribution in [0.2, 0.25) is 0 Å². The molecule has 2 aliphatic rings. The van der Waals surface area contributed by atoms with Gasteiger partial charge < -0.3 is 10.6 Å². The fraction of sp³-hybridized carbons (Fsp3) is 0.500. The van der Waals surface area contributed by atoms with E-state index in [2.05, 4.69) is 15.0 Å². The second-order valence-corrected chi connectivity index (χ2v) is 9.89. The quantitative estimate of drug-likeness (QED) is 0.765. The Bertz CT molecular complexity index is 950. The molecule has 3 atom stereocenters. The number of thiazole rings is 1. The average molecular weight is 430 g/mol. The molecule has 11 heteroatoms. The van der Waals surface area contributed by atoms with Crippen molar-refractivity contribution in [3.63, 3.8) is 0 Å². The maximum atomic E-state index is 13.0. The van der Waals surface area contributed by atoms with Crippen LogP contribution in [-0.4, -0.2) is 64.3 Å². The Balaban J connectivity index is 0.00000210. The van der Waals surface area contributed by atoms with Crippen LogP contribution in [0.1, 0.15) is 22.3 Å². The number of hydrogen-bond acceptors (Lipinski definition) is 8. The summed E-state index contributed by atoms with van der Waals surface area (Å²) in [6, 6.07) is 1.32. The predicted octanol–water partition coefficient (Wildman–Crippen LogP) is 0.781. The third-order valence-corrected chi connectivity index (χ3v) is 8.37. The van der Waals surface area contributed by atoms with E-state index in [4.69, 9.17) is 5.73 Å². The predicted molar refractivity (Wildman–Crippen MR) is 105 cm³/mol. The summed E-state index contributed by atoms with van der Waals surface area (Å²) < 4.78 is 24.5. The monoisotopic (exact) mass is 429 g/mol. The summed E-state index contributed by atoms with van der Waals surface area (Å²) in [6.45, 7) is 2.51. The number of amides is 1. The maximum Gasteiger partial charge on any atom is 0.265 e. The Morgan fingerprint density at radius 2 is 2.04 bits per heavy atom. The first-order chi connectivity index (χ1) is 12.4. The molecule has 2 aliphatic heterocycles. The number of fused-ring (bicyclic) bond motifs is 1. The molecule has 2 saturated heterocycles. The smallest absolute Gasteiger partial charge is 0.265 e. The summed E-state index contributed by atoms with van der Waals surface area (Å²) in [4.78, 5) is 28.1. The maximum absolute atomic E-state index is 13.0. The molecule has 2 aromatic heterocycles. The van der Waals surface area contributed by atoms with Gasteiger partial charge in [0.25, 0.3) is 5.91 Å². The van der Waals surface area contributed by atoms with Crippen molar-refractivity contribution in [3.8, 4) is 10.8 Å². The second-order valence-electron chi connectivity index (χ2n) is 6.63. The zero-order chi connectivity index (χ0) is 18.5. The molecule has 4 rings (SSSR count). The number of hydrogen-bond donors (Lipinski definition) is 1. The Morgan fingerprint density at radius 1 is 1.33 bits per heavy atom. The topological polar surface area (TPSA) is 119 Å². The van der Waals surface area contributed by atoms with Crippen LogP contribution in [0.5, 0.6) is 0 Å². The van der Waals surface area contributed by atoms with Gasteiger partial charge in [0.1, 0.15) is 4.88 Å². The lowest BCUT2D eigenvalue weighted by molar-refractivity contribution is 0.0789. The zero-order valence-corrected chi connectivity index (χ0v) is 17.1. The molecule has 0 aliphatic carbocycles. The summed E-state index contributed by atoms with van der Waals surface area (Å²) in [5.74, 6) is 0.131.